The summed E-state index contributed by atoms with van der Waals surface area (Å²) in [4.78, 5) is 19.6. The first kappa shape index (κ1) is 22.1. The molecule has 2 unspecified atom stereocenters. The van der Waals surface area contributed by atoms with Gasteiger partial charge in [0.15, 0.2) is 0 Å². The highest BCUT2D eigenvalue weighted by Gasteiger charge is 2.11. The number of aldehydes is 1. The van der Waals surface area contributed by atoms with Crippen molar-refractivity contribution in [2.24, 2.45) is 11.7 Å². The smallest absolute Gasteiger partial charge is 0.136 e. The molecule has 1 rings (SSSR count). The van der Waals surface area contributed by atoms with E-state index in [1.807, 2.05) is 40.8 Å². The number of aryl methyl sites for hydroxylation is 1. The Morgan fingerprint density at radius 2 is 1.90 bits per heavy atom. The number of imidazole rings is 1. The Morgan fingerprint density at radius 1 is 1.38 bits per heavy atom. The number of carbonyl (C=O) groups excluding carboxylic acids is 1. The number of hydrogen-bond acceptors (Lipinski definition) is 4. The van der Waals surface area contributed by atoms with E-state index in [1.165, 1.54) is 0 Å². The number of rotatable bonds is 5. The maximum absolute atomic E-state index is 9.82. The van der Waals surface area contributed by atoms with E-state index in [0.717, 1.165) is 24.3 Å². The molecule has 0 amide bonds. The van der Waals surface area contributed by atoms with Crippen LogP contribution in [0.5, 0.6) is 0 Å². The summed E-state index contributed by atoms with van der Waals surface area (Å²) in [6.07, 6.45) is 2.64. The molecule has 0 aromatic carbocycles. The largest absolute Gasteiger partial charge is 0.345 e. The molecule has 0 bridgehead atoms. The van der Waals surface area contributed by atoms with Crippen LogP contribution in [0.2, 0.25) is 0 Å². The minimum absolute atomic E-state index is 0.275. The van der Waals surface area contributed by atoms with Crippen molar-refractivity contribution in [1.82, 2.24) is 14.9 Å². The van der Waals surface area contributed by atoms with Crippen LogP contribution in [0.3, 0.4) is 0 Å². The lowest BCUT2D eigenvalue weighted by atomic mass is 10.1. The number of aromatic amines is 1. The van der Waals surface area contributed by atoms with Crippen molar-refractivity contribution in [3.05, 3.63) is 17.7 Å². The lowest BCUT2D eigenvalue weighted by Crippen LogP contribution is -2.27. The fourth-order valence-corrected chi connectivity index (χ4v) is 1.28. The summed E-state index contributed by atoms with van der Waals surface area (Å²) in [6.45, 7) is 15.2. The van der Waals surface area contributed by atoms with Gasteiger partial charge in [0.1, 0.15) is 12.1 Å². The molecule has 2 atom stereocenters. The minimum Gasteiger partial charge on any atom is -0.345 e. The average Bonchev–Trinajstić information content (AvgIpc) is 2.93. The third-order valence-electron chi connectivity index (χ3n) is 3.21. The number of nitrogens with zero attached hydrogens (tertiary/aromatic N) is 2. The van der Waals surface area contributed by atoms with Crippen molar-refractivity contribution in [2.45, 2.75) is 60.5 Å². The fourth-order valence-electron chi connectivity index (χ4n) is 1.28. The van der Waals surface area contributed by atoms with E-state index in [-0.39, 0.29) is 12.0 Å². The predicted molar refractivity (Wildman–Crippen MR) is 90.3 cm³/mol. The van der Waals surface area contributed by atoms with Crippen molar-refractivity contribution in [3.63, 3.8) is 0 Å². The second kappa shape index (κ2) is 12.5. The molecule has 0 spiro atoms. The molecule has 21 heavy (non-hydrogen) atoms. The van der Waals surface area contributed by atoms with Crippen LogP contribution >= 0.6 is 0 Å². The molecule has 124 valence electrons. The molecule has 5 nitrogen and oxygen atoms in total. The van der Waals surface area contributed by atoms with Crippen molar-refractivity contribution in [3.8, 4) is 0 Å². The van der Waals surface area contributed by atoms with Crippen LogP contribution in [-0.2, 0) is 4.79 Å². The zero-order valence-corrected chi connectivity index (χ0v) is 15.0. The molecule has 0 saturated heterocycles. The van der Waals surface area contributed by atoms with Gasteiger partial charge in [-0.15, -0.1) is 0 Å². The molecule has 1 aromatic heterocycles. The number of nitrogens with two attached hydrogens (primary N) is 1. The Bertz CT molecular complexity index is 363. The molecule has 0 saturated carbocycles. The highest BCUT2D eigenvalue weighted by Crippen LogP contribution is 2.13. The van der Waals surface area contributed by atoms with Gasteiger partial charge < -0.3 is 15.5 Å². The monoisotopic (exact) mass is 298 g/mol. The highest BCUT2D eigenvalue weighted by atomic mass is 16.1. The van der Waals surface area contributed by atoms with Crippen molar-refractivity contribution >= 4 is 6.29 Å². The second-order valence-corrected chi connectivity index (χ2v) is 5.16. The van der Waals surface area contributed by atoms with Gasteiger partial charge in [-0.1, -0.05) is 34.6 Å². The van der Waals surface area contributed by atoms with Crippen LogP contribution in [-0.4, -0.2) is 40.8 Å². The van der Waals surface area contributed by atoms with E-state index >= 15 is 0 Å². The summed E-state index contributed by atoms with van der Waals surface area (Å²) in [5.74, 6) is 1.33. The van der Waals surface area contributed by atoms with Crippen LogP contribution in [0.25, 0.3) is 0 Å². The summed E-state index contributed by atoms with van der Waals surface area (Å²) < 4.78 is 0. The topological polar surface area (TPSA) is 75.0 Å². The first-order chi connectivity index (χ1) is 9.83. The summed E-state index contributed by atoms with van der Waals surface area (Å²) in [5, 5.41) is 0. The van der Waals surface area contributed by atoms with Crippen LogP contribution in [0.4, 0.5) is 0 Å². The maximum atomic E-state index is 9.82. The molecule has 1 heterocycles. The number of carbonyl (C=O) groups is 1. The Morgan fingerprint density at radius 3 is 2.14 bits per heavy atom. The first-order valence-electron chi connectivity index (χ1n) is 7.76. The molecular weight excluding hydrogens is 264 g/mol. The lowest BCUT2D eigenvalue weighted by Gasteiger charge is -2.20. The highest BCUT2D eigenvalue weighted by molar-refractivity contribution is 5.57. The Hall–Kier alpha value is -1.20. The van der Waals surface area contributed by atoms with Gasteiger partial charge in [0.25, 0.3) is 0 Å². The van der Waals surface area contributed by atoms with Crippen molar-refractivity contribution in [2.75, 3.05) is 13.6 Å². The van der Waals surface area contributed by atoms with Gasteiger partial charge in [-0.05, 0) is 33.4 Å². The third-order valence-corrected chi connectivity index (χ3v) is 3.21. The zero-order valence-electron chi connectivity index (χ0n) is 15.0. The molecule has 0 aliphatic heterocycles. The van der Waals surface area contributed by atoms with E-state index in [9.17, 15) is 4.79 Å². The molecule has 3 N–H and O–H groups in total. The molecular formula is C16H34N4O. The lowest BCUT2D eigenvalue weighted by molar-refractivity contribution is -0.109. The van der Waals surface area contributed by atoms with Gasteiger partial charge in [-0.25, -0.2) is 4.98 Å². The minimum atomic E-state index is -0.278. The van der Waals surface area contributed by atoms with E-state index in [4.69, 9.17) is 5.73 Å². The summed E-state index contributed by atoms with van der Waals surface area (Å²) >= 11 is 0. The number of aromatic nitrogens is 2. The Labute approximate surface area is 130 Å². The van der Waals surface area contributed by atoms with Crippen LogP contribution < -0.4 is 5.73 Å². The van der Waals surface area contributed by atoms with Crippen LogP contribution in [0, 0.1) is 12.8 Å². The molecule has 1 aromatic rings. The van der Waals surface area contributed by atoms with Crippen molar-refractivity contribution in [1.29, 1.82) is 0 Å². The quantitative estimate of drug-likeness (QED) is 0.820. The van der Waals surface area contributed by atoms with Gasteiger partial charge >= 0.3 is 0 Å². The summed E-state index contributed by atoms with van der Waals surface area (Å²) in [7, 11) is 2.10. The summed E-state index contributed by atoms with van der Waals surface area (Å²) in [5.41, 5.74) is 6.37. The standard InChI is InChI=1S/C9H17N3.C5H11NO.C2H6/c1-5-12(4)8(3)9-10-6-7(2)11-9;1-4(2)5(6)3-7;1-2/h6,8H,5H2,1-4H3,(H,10,11);3-5H,6H2,1-2H3;1-2H3. The third kappa shape index (κ3) is 9.37. The molecule has 5 heteroatoms. The van der Waals surface area contributed by atoms with E-state index in [0.29, 0.717) is 6.04 Å². The van der Waals surface area contributed by atoms with E-state index in [2.05, 4.69) is 35.8 Å². The van der Waals surface area contributed by atoms with Gasteiger partial charge in [-0.2, -0.15) is 0 Å². The number of H-pyrrole nitrogens is 1. The van der Waals surface area contributed by atoms with Crippen LogP contribution in [0.1, 0.15) is 59.1 Å². The van der Waals surface area contributed by atoms with Gasteiger partial charge in [0.05, 0.1) is 12.1 Å². The zero-order chi connectivity index (χ0) is 17.0. The van der Waals surface area contributed by atoms with Gasteiger partial charge in [0, 0.05) is 11.9 Å². The van der Waals surface area contributed by atoms with E-state index in [1.54, 1.807) is 0 Å². The fraction of sp³-hybridized carbons (Fsp3) is 0.750. The Kier molecular flexibility index (Phi) is 13.2. The summed E-state index contributed by atoms with van der Waals surface area (Å²) in [6, 6.07) is 0.101. The van der Waals surface area contributed by atoms with Crippen molar-refractivity contribution < 1.29 is 4.79 Å². The molecule has 0 fully saturated rings. The van der Waals surface area contributed by atoms with Gasteiger partial charge in [-0.3, -0.25) is 4.90 Å². The average molecular weight is 298 g/mol. The SMILES string of the molecule is CC.CC(C)C(N)C=O.CCN(C)C(C)c1ncc(C)[nH]1. The van der Waals surface area contributed by atoms with E-state index < -0.39 is 0 Å². The molecule has 0 radical (unpaired) electrons. The van der Waals surface area contributed by atoms with Gasteiger partial charge in [0.2, 0.25) is 0 Å². The molecule has 0 aliphatic carbocycles. The maximum Gasteiger partial charge on any atom is 0.136 e. The normalized spacial score (nSPS) is 12.9. The Balaban J connectivity index is 0. The number of hydrogen-bond donors (Lipinski definition) is 2. The molecule has 0 aliphatic rings. The second-order valence-electron chi connectivity index (χ2n) is 5.16. The van der Waals surface area contributed by atoms with Crippen LogP contribution in [0.15, 0.2) is 6.20 Å². The number of nitrogens with one attached hydrogen (secondary N) is 1. The predicted octanol–water partition coefficient (Wildman–Crippen LogP) is 2.93. The first-order valence-corrected chi connectivity index (χ1v) is 7.76.